The predicted molar refractivity (Wildman–Crippen MR) is 340 cm³/mol. The lowest BCUT2D eigenvalue weighted by atomic mass is 10.0. The summed E-state index contributed by atoms with van der Waals surface area (Å²) >= 11 is 3.60. The third-order valence-corrected chi connectivity index (χ3v) is 18.2. The summed E-state index contributed by atoms with van der Waals surface area (Å²) in [5.74, 6) is 3.34. The fourth-order valence-electron chi connectivity index (χ4n) is 12.0. The van der Waals surface area contributed by atoms with Crippen LogP contribution in [0.1, 0.15) is 0 Å². The van der Waals surface area contributed by atoms with Crippen LogP contribution in [0.2, 0.25) is 0 Å². The summed E-state index contributed by atoms with van der Waals surface area (Å²) in [7, 11) is 0. The fraction of sp³-hybridized carbons (Fsp3) is 0. The molecule has 0 unspecified atom stereocenters. The number of para-hydroxylation sites is 2. The first-order chi connectivity index (χ1) is 40.6. The van der Waals surface area contributed by atoms with Crippen molar-refractivity contribution in [2.24, 2.45) is 0 Å². The Morgan fingerprint density at radius 1 is 0.232 bits per heavy atom. The van der Waals surface area contributed by atoms with Crippen molar-refractivity contribution in [2.45, 2.75) is 0 Å². The van der Waals surface area contributed by atoms with Gasteiger partial charge in [-0.1, -0.05) is 188 Å². The minimum Gasteiger partial charge on any atom is -0.278 e. The zero-order chi connectivity index (χ0) is 53.8. The van der Waals surface area contributed by atoms with Gasteiger partial charge >= 0.3 is 0 Å². The Morgan fingerprint density at radius 3 is 1.13 bits per heavy atom. The molecule has 0 spiro atoms. The topological polar surface area (TPSA) is 87.2 Å². The summed E-state index contributed by atoms with van der Waals surface area (Å²) < 4.78 is 9.38. The highest BCUT2D eigenvalue weighted by atomic mass is 32.1. The standard InChI is InChI=1S/C72H42N8S2/c1-3-15-43(16-4-1)45-27-31-47(32-28-45)67-73-68(48-33-29-46(30-34-48)44-17-5-2-6-18-44)76-71(75-67)79-59-24-12-8-22-55(59)65-60(79)38-37-54-51-19-7-11-23-58(51)80(66(54)65)72-77-69(49-35-39-63-56(41-49)52-20-9-13-25-61(52)81-63)74-70(78-72)50-36-40-64-57(42-50)53-21-10-14-26-62(53)82-64/h1-42H. The fourth-order valence-corrected chi connectivity index (χ4v) is 14.2. The summed E-state index contributed by atoms with van der Waals surface area (Å²) in [6.45, 7) is 0. The molecule has 82 heavy (non-hydrogen) atoms. The molecule has 0 aliphatic heterocycles. The Morgan fingerprint density at radius 2 is 0.610 bits per heavy atom. The van der Waals surface area contributed by atoms with E-state index in [1.165, 1.54) is 40.3 Å². The minimum absolute atomic E-state index is 0.505. The van der Waals surface area contributed by atoms with Crippen molar-refractivity contribution in [1.29, 1.82) is 0 Å². The summed E-state index contributed by atoms with van der Waals surface area (Å²) in [6, 6.07) is 89.9. The molecule has 17 rings (SSSR count). The van der Waals surface area contributed by atoms with Crippen molar-refractivity contribution >= 4 is 107 Å². The molecule has 0 fully saturated rings. The molecule has 0 aliphatic carbocycles. The number of nitrogens with zero attached hydrogens (tertiary/aromatic N) is 8. The predicted octanol–water partition coefficient (Wildman–Crippen LogP) is 19.0. The Bertz CT molecular complexity index is 5160. The molecule has 0 N–H and O–H groups in total. The van der Waals surface area contributed by atoms with E-state index in [0.717, 1.165) is 88.1 Å². The van der Waals surface area contributed by atoms with E-state index < -0.39 is 0 Å². The van der Waals surface area contributed by atoms with Crippen molar-refractivity contribution in [3.63, 3.8) is 0 Å². The molecule has 0 amide bonds. The third-order valence-electron chi connectivity index (χ3n) is 15.9. The van der Waals surface area contributed by atoms with Gasteiger partial charge in [0.2, 0.25) is 11.9 Å². The first-order valence-electron chi connectivity index (χ1n) is 27.3. The van der Waals surface area contributed by atoms with Crippen LogP contribution in [-0.2, 0) is 0 Å². The van der Waals surface area contributed by atoms with Crippen LogP contribution in [0.5, 0.6) is 0 Å². The number of hydrogen-bond donors (Lipinski definition) is 0. The molecule has 8 nitrogen and oxygen atoms in total. The lowest BCUT2D eigenvalue weighted by Gasteiger charge is -2.12. The van der Waals surface area contributed by atoms with Crippen molar-refractivity contribution < 1.29 is 0 Å². The first-order valence-corrected chi connectivity index (χ1v) is 28.9. The van der Waals surface area contributed by atoms with E-state index in [-0.39, 0.29) is 0 Å². The Balaban J connectivity index is 0.911. The number of hydrogen-bond acceptors (Lipinski definition) is 8. The van der Waals surface area contributed by atoms with Gasteiger partial charge in [-0.2, -0.15) is 19.9 Å². The maximum Gasteiger partial charge on any atom is 0.238 e. The van der Waals surface area contributed by atoms with Crippen LogP contribution in [0.3, 0.4) is 0 Å². The Kier molecular flexibility index (Phi) is 10.5. The maximum atomic E-state index is 5.54. The van der Waals surface area contributed by atoms with Crippen molar-refractivity contribution in [2.75, 3.05) is 0 Å². The molecule has 0 bridgehead atoms. The Hall–Kier alpha value is -10.5. The summed E-state index contributed by atoms with van der Waals surface area (Å²) in [5, 5.41) is 9.00. The summed E-state index contributed by atoms with van der Waals surface area (Å²) in [4.78, 5) is 32.5. The van der Waals surface area contributed by atoms with Gasteiger partial charge in [0.25, 0.3) is 0 Å². The van der Waals surface area contributed by atoms with Crippen LogP contribution in [-0.4, -0.2) is 39.0 Å². The number of benzene rings is 11. The zero-order valence-corrected chi connectivity index (χ0v) is 45.3. The van der Waals surface area contributed by atoms with Gasteiger partial charge in [0, 0.05) is 84.1 Å². The highest BCUT2D eigenvalue weighted by molar-refractivity contribution is 7.26. The van der Waals surface area contributed by atoms with E-state index in [4.69, 9.17) is 29.9 Å². The van der Waals surface area contributed by atoms with Crippen molar-refractivity contribution in [3.05, 3.63) is 255 Å². The second-order valence-electron chi connectivity index (χ2n) is 20.6. The Labute approximate surface area is 477 Å². The molecule has 6 heterocycles. The van der Waals surface area contributed by atoms with E-state index >= 15 is 0 Å². The number of fused-ring (bicyclic) bond motifs is 13. The normalized spacial score (nSPS) is 11.9. The van der Waals surface area contributed by atoms with E-state index in [1.54, 1.807) is 22.7 Å². The molecule has 0 atom stereocenters. The monoisotopic (exact) mass is 1080 g/mol. The van der Waals surface area contributed by atoms with Gasteiger partial charge in [0.15, 0.2) is 23.3 Å². The van der Waals surface area contributed by atoms with Crippen molar-refractivity contribution in [1.82, 2.24) is 39.0 Å². The van der Waals surface area contributed by atoms with E-state index in [9.17, 15) is 0 Å². The highest BCUT2D eigenvalue weighted by Crippen LogP contribution is 2.44. The first kappa shape index (κ1) is 46.4. The second kappa shape index (κ2) is 18.5. The highest BCUT2D eigenvalue weighted by Gasteiger charge is 2.25. The van der Waals surface area contributed by atoms with E-state index in [0.29, 0.717) is 35.2 Å². The van der Waals surface area contributed by atoms with Crippen LogP contribution >= 0.6 is 22.7 Å². The SMILES string of the molecule is c1ccc(-c2ccc(-c3nc(-c4ccc(-c5ccccc5)cc4)nc(-n4c5ccccc5c5c4ccc4c6ccccc6n(-c6nc(-c7ccc8sc9ccccc9c8c7)nc(-c7ccc8sc9ccccc9c8c7)n6)c45)n3)cc2)cc1. The van der Waals surface area contributed by atoms with Gasteiger partial charge in [-0.25, -0.2) is 9.97 Å². The zero-order valence-electron chi connectivity index (χ0n) is 43.6. The van der Waals surface area contributed by atoms with Gasteiger partial charge < -0.3 is 0 Å². The quantitative estimate of drug-likeness (QED) is 0.151. The van der Waals surface area contributed by atoms with Gasteiger partial charge in [-0.05, 0) is 89.0 Å². The molecular weight excluding hydrogens is 1040 g/mol. The van der Waals surface area contributed by atoms with Gasteiger partial charge in [0.1, 0.15) is 0 Å². The molecule has 382 valence electrons. The lowest BCUT2D eigenvalue weighted by molar-refractivity contribution is 0.952. The molecule has 10 heteroatoms. The third kappa shape index (κ3) is 7.50. The van der Waals surface area contributed by atoms with Gasteiger partial charge in [-0.3, -0.25) is 9.13 Å². The van der Waals surface area contributed by atoms with E-state index in [1.807, 2.05) is 12.1 Å². The molecule has 0 radical (unpaired) electrons. The number of rotatable bonds is 8. The lowest BCUT2D eigenvalue weighted by Crippen LogP contribution is -2.07. The van der Waals surface area contributed by atoms with Crippen LogP contribution < -0.4 is 0 Å². The molecule has 11 aromatic carbocycles. The molecule has 0 saturated carbocycles. The molecular formula is C72H42N8S2. The number of thiophene rings is 2. The van der Waals surface area contributed by atoms with Crippen LogP contribution in [0.25, 0.3) is 164 Å². The molecule has 17 aromatic rings. The average Bonchev–Trinajstić information content (AvgIpc) is 3.03. The van der Waals surface area contributed by atoms with Crippen LogP contribution in [0.4, 0.5) is 0 Å². The number of aromatic nitrogens is 8. The molecule has 0 aliphatic rings. The molecule has 0 saturated heterocycles. The average molecular weight is 1080 g/mol. The summed E-state index contributed by atoms with van der Waals surface area (Å²) in [5.41, 5.74) is 11.9. The largest absolute Gasteiger partial charge is 0.278 e. The van der Waals surface area contributed by atoms with Crippen LogP contribution in [0.15, 0.2) is 255 Å². The summed E-state index contributed by atoms with van der Waals surface area (Å²) in [6.07, 6.45) is 0. The maximum absolute atomic E-state index is 5.54. The minimum atomic E-state index is 0.505. The van der Waals surface area contributed by atoms with E-state index in [2.05, 4.69) is 252 Å². The second-order valence-corrected chi connectivity index (χ2v) is 22.8. The van der Waals surface area contributed by atoms with Gasteiger partial charge in [0.05, 0.1) is 22.1 Å². The van der Waals surface area contributed by atoms with Crippen molar-refractivity contribution in [3.8, 4) is 79.7 Å². The van der Waals surface area contributed by atoms with Crippen LogP contribution in [0, 0.1) is 0 Å². The smallest absolute Gasteiger partial charge is 0.238 e. The van der Waals surface area contributed by atoms with Gasteiger partial charge in [-0.15, -0.1) is 22.7 Å². The molecule has 6 aromatic heterocycles.